The van der Waals surface area contributed by atoms with Crippen LogP contribution in [-0.2, 0) is 9.53 Å². The normalized spacial score (nSPS) is 13.4. The van der Waals surface area contributed by atoms with Crippen molar-refractivity contribution >= 4 is 35.2 Å². The van der Waals surface area contributed by atoms with Crippen molar-refractivity contribution in [2.45, 2.75) is 20.8 Å². The number of carbonyl (C=O) groups excluding carboxylic acids is 2. The van der Waals surface area contributed by atoms with E-state index in [1.807, 2.05) is 0 Å². The van der Waals surface area contributed by atoms with Gasteiger partial charge in [-0.1, -0.05) is 20.8 Å². The molecule has 2 aromatic rings. The molecule has 0 spiro atoms. The second-order valence-corrected chi connectivity index (χ2v) is 6.97. The largest absolute Gasteiger partial charge is 0.463 e. The maximum atomic E-state index is 12.0. The van der Waals surface area contributed by atoms with Gasteiger partial charge in [-0.3, -0.25) is 9.59 Å². The Morgan fingerprint density at radius 3 is 2.65 bits per heavy atom. The van der Waals surface area contributed by atoms with Crippen LogP contribution >= 0.6 is 11.3 Å². The fourth-order valence-corrected chi connectivity index (χ4v) is 2.57. The Morgan fingerprint density at radius 2 is 2.04 bits per heavy atom. The van der Waals surface area contributed by atoms with Gasteiger partial charge < -0.3 is 14.1 Å². The Morgan fingerprint density at radius 1 is 1.35 bits per heavy atom. The SMILES string of the molecule is COC(=O)c1occc1/C=c1\s/c(=C/C(=O)C(C)(C)C)[nH]c1=O. The van der Waals surface area contributed by atoms with Gasteiger partial charge in [-0.15, -0.1) is 11.3 Å². The molecule has 0 unspecified atom stereocenters. The van der Waals surface area contributed by atoms with E-state index < -0.39 is 11.4 Å². The van der Waals surface area contributed by atoms with Crippen molar-refractivity contribution in [1.29, 1.82) is 0 Å². The van der Waals surface area contributed by atoms with Gasteiger partial charge in [0.05, 0.1) is 22.6 Å². The monoisotopic (exact) mass is 335 g/mol. The molecule has 1 N–H and O–H groups in total. The minimum absolute atomic E-state index is 0.0246. The number of hydrogen-bond acceptors (Lipinski definition) is 6. The van der Waals surface area contributed by atoms with Gasteiger partial charge in [0.25, 0.3) is 5.56 Å². The number of carbonyl (C=O) groups is 2. The van der Waals surface area contributed by atoms with E-state index in [0.717, 1.165) is 11.3 Å². The van der Waals surface area contributed by atoms with Crippen molar-refractivity contribution in [2.24, 2.45) is 5.41 Å². The first-order chi connectivity index (χ1) is 10.7. The molecular weight excluding hydrogens is 318 g/mol. The number of methoxy groups -OCH3 is 1. The highest BCUT2D eigenvalue weighted by Crippen LogP contribution is 2.15. The number of aromatic nitrogens is 1. The van der Waals surface area contributed by atoms with Crippen molar-refractivity contribution in [3.63, 3.8) is 0 Å². The van der Waals surface area contributed by atoms with Crippen LogP contribution in [0, 0.1) is 5.41 Å². The van der Waals surface area contributed by atoms with E-state index in [-0.39, 0.29) is 17.1 Å². The van der Waals surface area contributed by atoms with Crippen LogP contribution < -0.4 is 14.8 Å². The van der Waals surface area contributed by atoms with Crippen LogP contribution in [0.1, 0.15) is 36.9 Å². The summed E-state index contributed by atoms with van der Waals surface area (Å²) in [5.74, 6) is -0.680. The lowest BCUT2D eigenvalue weighted by molar-refractivity contribution is -0.119. The number of furan rings is 1. The number of ether oxygens (including phenoxy) is 1. The van der Waals surface area contributed by atoms with E-state index in [4.69, 9.17) is 4.42 Å². The molecular formula is C16H17NO5S. The Bertz CT molecular complexity index is 907. The molecule has 23 heavy (non-hydrogen) atoms. The predicted molar refractivity (Wildman–Crippen MR) is 86.7 cm³/mol. The third kappa shape index (κ3) is 3.87. The summed E-state index contributed by atoms with van der Waals surface area (Å²) in [6, 6.07) is 1.56. The third-order valence-electron chi connectivity index (χ3n) is 3.03. The fraction of sp³-hybridized carbons (Fsp3) is 0.312. The molecule has 6 nitrogen and oxygen atoms in total. The highest BCUT2D eigenvalue weighted by atomic mass is 32.1. The van der Waals surface area contributed by atoms with Gasteiger partial charge in [0.1, 0.15) is 0 Å². The summed E-state index contributed by atoms with van der Waals surface area (Å²) in [7, 11) is 1.25. The molecule has 0 amide bonds. The number of ketones is 1. The van der Waals surface area contributed by atoms with Crippen LogP contribution in [0.5, 0.6) is 0 Å². The minimum Gasteiger partial charge on any atom is -0.463 e. The summed E-state index contributed by atoms with van der Waals surface area (Å²) in [6.07, 6.45) is 4.29. The first-order valence-electron chi connectivity index (χ1n) is 6.85. The zero-order valence-corrected chi connectivity index (χ0v) is 14.1. The highest BCUT2D eigenvalue weighted by molar-refractivity contribution is 7.07. The average Bonchev–Trinajstić information content (AvgIpc) is 3.05. The smallest absolute Gasteiger partial charge is 0.374 e. The lowest BCUT2D eigenvalue weighted by atomic mass is 9.91. The van der Waals surface area contributed by atoms with Gasteiger partial charge in [0, 0.05) is 17.1 Å². The van der Waals surface area contributed by atoms with Gasteiger partial charge in [-0.25, -0.2) is 4.79 Å². The zero-order valence-electron chi connectivity index (χ0n) is 13.3. The Balaban J connectivity index is 2.49. The highest BCUT2D eigenvalue weighted by Gasteiger charge is 2.19. The average molecular weight is 335 g/mol. The molecule has 0 saturated carbocycles. The van der Waals surface area contributed by atoms with E-state index in [2.05, 4.69) is 9.72 Å². The Kier molecular flexibility index (Phi) is 4.70. The summed E-state index contributed by atoms with van der Waals surface area (Å²) in [5, 5.41) is 0. The fourth-order valence-electron chi connectivity index (χ4n) is 1.69. The molecule has 0 saturated heterocycles. The third-order valence-corrected chi connectivity index (χ3v) is 4.00. The number of Topliss-reactive ketones (excluding diaryl/α,β-unsaturated/α-hetero) is 1. The Labute approximate surface area is 136 Å². The van der Waals surface area contributed by atoms with Crippen molar-refractivity contribution < 1.29 is 18.7 Å². The van der Waals surface area contributed by atoms with Crippen LogP contribution in [0.4, 0.5) is 0 Å². The van der Waals surface area contributed by atoms with Crippen LogP contribution in [0.15, 0.2) is 21.5 Å². The van der Waals surface area contributed by atoms with Crippen molar-refractivity contribution in [3.8, 4) is 0 Å². The van der Waals surface area contributed by atoms with Crippen molar-refractivity contribution in [1.82, 2.24) is 4.98 Å². The molecule has 0 aliphatic rings. The lowest BCUT2D eigenvalue weighted by Crippen LogP contribution is -2.22. The number of rotatable bonds is 3. The maximum Gasteiger partial charge on any atom is 0.374 e. The second kappa shape index (κ2) is 6.37. The molecule has 122 valence electrons. The number of aromatic amines is 1. The predicted octanol–water partition coefficient (Wildman–Crippen LogP) is 1.04. The maximum absolute atomic E-state index is 12.0. The Hall–Kier alpha value is -2.41. The van der Waals surface area contributed by atoms with Gasteiger partial charge in [0.2, 0.25) is 5.76 Å². The molecule has 0 atom stereocenters. The van der Waals surface area contributed by atoms with E-state index in [1.54, 1.807) is 26.8 Å². The number of nitrogens with one attached hydrogen (secondary N) is 1. The molecule has 7 heteroatoms. The number of H-pyrrole nitrogens is 1. The van der Waals surface area contributed by atoms with Gasteiger partial charge in [-0.05, 0) is 12.1 Å². The molecule has 2 rings (SSSR count). The van der Waals surface area contributed by atoms with Crippen LogP contribution in [0.25, 0.3) is 12.2 Å². The molecule has 0 fully saturated rings. The second-order valence-electron chi connectivity index (χ2n) is 5.88. The van der Waals surface area contributed by atoms with Gasteiger partial charge >= 0.3 is 5.97 Å². The van der Waals surface area contributed by atoms with E-state index >= 15 is 0 Å². The number of thiazole rings is 1. The van der Waals surface area contributed by atoms with Crippen molar-refractivity contribution in [3.05, 3.63) is 43.2 Å². The quantitative estimate of drug-likeness (QED) is 0.847. The minimum atomic E-state index is -0.621. The van der Waals surface area contributed by atoms with E-state index in [9.17, 15) is 14.4 Å². The molecule has 0 radical (unpaired) electrons. The standard InChI is InChI=1S/C16H17NO5S/c1-16(2,3)11(18)8-12-17-14(19)10(23-12)7-9-5-6-22-13(9)15(20)21-4/h5-8H,1-4H3,(H,17,19)/b10-7-,12-8+. The summed E-state index contributed by atoms with van der Waals surface area (Å²) >= 11 is 1.14. The van der Waals surface area contributed by atoms with Crippen LogP contribution in [0.2, 0.25) is 0 Å². The van der Waals surface area contributed by atoms with E-state index in [1.165, 1.54) is 25.5 Å². The lowest BCUT2D eigenvalue weighted by Gasteiger charge is -2.12. The molecule has 0 aliphatic heterocycles. The van der Waals surface area contributed by atoms with Gasteiger partial charge in [-0.2, -0.15) is 0 Å². The van der Waals surface area contributed by atoms with E-state index in [0.29, 0.717) is 14.8 Å². The topological polar surface area (TPSA) is 89.4 Å². The molecule has 2 aromatic heterocycles. The molecule has 0 aromatic carbocycles. The van der Waals surface area contributed by atoms with Gasteiger partial charge in [0.15, 0.2) is 5.78 Å². The number of esters is 1. The summed E-state index contributed by atoms with van der Waals surface area (Å²) in [5.41, 5.74) is -0.411. The molecule has 0 aliphatic carbocycles. The van der Waals surface area contributed by atoms with Crippen molar-refractivity contribution in [2.75, 3.05) is 7.11 Å². The number of hydrogen-bond donors (Lipinski definition) is 1. The molecule has 2 heterocycles. The zero-order chi connectivity index (χ0) is 17.2. The van der Waals surface area contributed by atoms with Crippen LogP contribution in [0.3, 0.4) is 0 Å². The first-order valence-corrected chi connectivity index (χ1v) is 7.67. The summed E-state index contributed by atoms with van der Waals surface area (Å²) < 4.78 is 10.5. The summed E-state index contributed by atoms with van der Waals surface area (Å²) in [4.78, 5) is 38.2. The van der Waals surface area contributed by atoms with Crippen LogP contribution in [-0.4, -0.2) is 23.8 Å². The molecule has 0 bridgehead atoms. The summed E-state index contributed by atoms with van der Waals surface area (Å²) in [6.45, 7) is 5.41. The first kappa shape index (κ1) is 17.0.